The third-order valence-electron chi connectivity index (χ3n) is 8.21. The van der Waals surface area contributed by atoms with Crippen LogP contribution in [0.15, 0.2) is 53.4 Å². The van der Waals surface area contributed by atoms with Gasteiger partial charge in [-0.2, -0.15) is 4.98 Å². The summed E-state index contributed by atoms with van der Waals surface area (Å²) in [6.07, 6.45) is 4.11. The molecule has 1 aliphatic carbocycles. The summed E-state index contributed by atoms with van der Waals surface area (Å²) in [5.41, 5.74) is 4.80. The van der Waals surface area contributed by atoms with Gasteiger partial charge in [0.1, 0.15) is 6.10 Å². The van der Waals surface area contributed by atoms with Gasteiger partial charge in [0.25, 0.3) is 10.0 Å². The lowest BCUT2D eigenvalue weighted by Crippen LogP contribution is -2.52. The van der Waals surface area contributed by atoms with Gasteiger partial charge in [-0.3, -0.25) is 0 Å². The monoisotopic (exact) mass is 504 g/mol. The minimum absolute atomic E-state index is 0.00948. The van der Waals surface area contributed by atoms with E-state index in [-0.39, 0.29) is 22.9 Å². The largest absolute Gasteiger partial charge is 0.474 e. The summed E-state index contributed by atoms with van der Waals surface area (Å²) in [6.45, 7) is 5.15. The van der Waals surface area contributed by atoms with Crippen LogP contribution in [0.3, 0.4) is 0 Å². The van der Waals surface area contributed by atoms with Crippen LogP contribution in [0.1, 0.15) is 48.3 Å². The molecule has 1 aromatic heterocycles. The van der Waals surface area contributed by atoms with E-state index in [1.54, 1.807) is 6.07 Å². The Morgan fingerprint density at radius 1 is 1.03 bits per heavy atom. The highest BCUT2D eigenvalue weighted by molar-refractivity contribution is 7.92. The van der Waals surface area contributed by atoms with E-state index in [1.165, 1.54) is 0 Å². The number of likely N-dealkylation sites (tertiary alicyclic amines) is 1. The van der Waals surface area contributed by atoms with E-state index >= 15 is 0 Å². The van der Waals surface area contributed by atoms with Gasteiger partial charge in [0.15, 0.2) is 0 Å². The fraction of sp³-hybridized carbons (Fsp3) is 0.429. The second-order valence-corrected chi connectivity index (χ2v) is 12.2. The Bertz CT molecular complexity index is 1400. The number of aryl methyl sites for hydroxylation is 2. The molecule has 0 spiro atoms. The molecule has 6 bridgehead atoms. The molecule has 2 fully saturated rings. The maximum Gasteiger partial charge on any atom is 0.264 e. The summed E-state index contributed by atoms with van der Waals surface area (Å²) < 4.78 is 36.1. The van der Waals surface area contributed by atoms with Crippen LogP contribution in [0.25, 0.3) is 11.3 Å². The average Bonchev–Trinajstić information content (AvgIpc) is 2.84. The summed E-state index contributed by atoms with van der Waals surface area (Å²) in [5, 5.41) is 0. The van der Waals surface area contributed by atoms with E-state index < -0.39 is 10.0 Å². The number of hydrogen-bond acceptors (Lipinski definition) is 6. The highest BCUT2D eigenvalue weighted by atomic mass is 32.2. The van der Waals surface area contributed by atoms with Crippen LogP contribution >= 0.6 is 0 Å². The molecule has 3 aliphatic rings. The van der Waals surface area contributed by atoms with Gasteiger partial charge in [-0.1, -0.05) is 30.3 Å². The van der Waals surface area contributed by atoms with Crippen LogP contribution in [0.5, 0.6) is 5.88 Å². The molecule has 188 valence electrons. The third-order valence-corrected chi connectivity index (χ3v) is 9.53. The molecule has 7 nitrogen and oxygen atoms in total. The minimum atomic E-state index is -3.87. The van der Waals surface area contributed by atoms with Gasteiger partial charge >= 0.3 is 0 Å². The number of anilines is 1. The first kappa shape index (κ1) is 23.4. The highest BCUT2D eigenvalue weighted by Gasteiger charge is 2.43. The van der Waals surface area contributed by atoms with Crippen molar-refractivity contribution < 1.29 is 13.2 Å². The average molecular weight is 505 g/mol. The Morgan fingerprint density at radius 2 is 1.81 bits per heavy atom. The number of sulfonamides is 1. The van der Waals surface area contributed by atoms with Crippen LogP contribution in [0.4, 0.5) is 5.95 Å². The topological polar surface area (TPSA) is 84.4 Å². The van der Waals surface area contributed by atoms with Crippen molar-refractivity contribution in [3.05, 3.63) is 65.2 Å². The normalized spacial score (nSPS) is 27.0. The summed E-state index contributed by atoms with van der Waals surface area (Å²) in [5.74, 6) is 1.07. The second-order valence-electron chi connectivity index (χ2n) is 10.5. The van der Waals surface area contributed by atoms with Crippen molar-refractivity contribution >= 4 is 16.0 Å². The molecule has 3 aromatic rings. The van der Waals surface area contributed by atoms with Crippen molar-refractivity contribution in [3.8, 4) is 17.1 Å². The summed E-state index contributed by atoms with van der Waals surface area (Å²) in [7, 11) is -1.67. The summed E-state index contributed by atoms with van der Waals surface area (Å²) in [6, 6.07) is 15.7. The van der Waals surface area contributed by atoms with Crippen molar-refractivity contribution in [2.75, 3.05) is 18.3 Å². The number of ether oxygens (including phenoxy) is 1. The number of piperidine rings is 1. The number of rotatable bonds is 1. The van der Waals surface area contributed by atoms with Crippen LogP contribution < -0.4 is 9.46 Å². The molecular weight excluding hydrogens is 472 g/mol. The second kappa shape index (κ2) is 8.85. The lowest BCUT2D eigenvalue weighted by Gasteiger charge is -2.48. The summed E-state index contributed by atoms with van der Waals surface area (Å²) >= 11 is 0. The Hall–Kier alpha value is -2.97. The quantitative estimate of drug-likeness (QED) is 0.507. The number of nitrogens with one attached hydrogen (secondary N) is 1. The molecule has 2 aromatic carbocycles. The van der Waals surface area contributed by atoms with E-state index in [9.17, 15) is 8.42 Å². The zero-order valence-electron chi connectivity index (χ0n) is 20.9. The predicted octanol–water partition coefficient (Wildman–Crippen LogP) is 4.91. The number of aromatic nitrogens is 2. The molecule has 1 saturated carbocycles. The van der Waals surface area contributed by atoms with Gasteiger partial charge < -0.3 is 9.64 Å². The van der Waals surface area contributed by atoms with Gasteiger partial charge in [0.2, 0.25) is 11.8 Å². The molecule has 6 rings (SSSR count). The van der Waals surface area contributed by atoms with Crippen molar-refractivity contribution in [2.24, 2.45) is 5.92 Å². The Labute approximate surface area is 213 Å². The molecule has 8 heteroatoms. The van der Waals surface area contributed by atoms with Crippen LogP contribution in [0.2, 0.25) is 0 Å². The fourth-order valence-electron chi connectivity index (χ4n) is 6.45. The minimum Gasteiger partial charge on any atom is -0.474 e. The van der Waals surface area contributed by atoms with Crippen molar-refractivity contribution in [2.45, 2.75) is 62.5 Å². The first-order chi connectivity index (χ1) is 17.3. The number of fused-ring (bicyclic) bond motifs is 9. The first-order valence-electron chi connectivity index (χ1n) is 12.7. The van der Waals surface area contributed by atoms with Crippen LogP contribution in [-0.2, 0) is 10.0 Å². The molecule has 0 radical (unpaired) electrons. The molecule has 0 amide bonds. The summed E-state index contributed by atoms with van der Waals surface area (Å²) in [4.78, 5) is 11.9. The zero-order chi connectivity index (χ0) is 25.0. The number of benzene rings is 2. The van der Waals surface area contributed by atoms with Crippen molar-refractivity contribution in [1.29, 1.82) is 0 Å². The Morgan fingerprint density at radius 3 is 2.61 bits per heavy atom. The fourth-order valence-corrected chi connectivity index (χ4v) is 7.45. The molecule has 4 unspecified atom stereocenters. The van der Waals surface area contributed by atoms with Gasteiger partial charge in [0.05, 0.1) is 10.6 Å². The lowest BCUT2D eigenvalue weighted by atomic mass is 9.70. The standard InChI is InChI=1S/C28H32N4O3S/c1-17-7-4-8-18(2)27(17)23-16-26-30-28(29-23)31-36(33,34)21-10-5-9-19(13-21)20-14-24-22(25(15-20)35-26)11-6-12-32(24)3/h4-5,7-10,13,16,20,22,24-25H,6,11-12,14-15H2,1-3H3,(H,29,30,31). The van der Waals surface area contributed by atoms with Gasteiger partial charge in [0, 0.05) is 23.6 Å². The molecular formula is C28H32N4O3S. The molecule has 1 saturated heterocycles. The van der Waals surface area contributed by atoms with E-state index in [1.807, 2.05) is 56.3 Å². The van der Waals surface area contributed by atoms with Gasteiger partial charge in [-0.25, -0.2) is 18.1 Å². The molecule has 4 atom stereocenters. The van der Waals surface area contributed by atoms with Crippen molar-refractivity contribution in [1.82, 2.24) is 14.9 Å². The Balaban J connectivity index is 1.53. The van der Waals surface area contributed by atoms with E-state index in [0.717, 1.165) is 54.5 Å². The molecule has 2 aliphatic heterocycles. The predicted molar refractivity (Wildman–Crippen MR) is 140 cm³/mol. The molecule has 1 N–H and O–H groups in total. The van der Waals surface area contributed by atoms with Crippen LogP contribution in [0, 0.1) is 19.8 Å². The Kier molecular flexibility index (Phi) is 5.76. The maximum absolute atomic E-state index is 13.4. The molecule has 3 heterocycles. The maximum atomic E-state index is 13.4. The SMILES string of the molecule is Cc1cccc(C)c1-c1cc2nc(n1)NS(=O)(=O)c1cccc(c1)C1CC(O2)C2CCCN(C)C2C1. The lowest BCUT2D eigenvalue weighted by molar-refractivity contribution is -0.0137. The van der Waals surface area contributed by atoms with E-state index in [2.05, 4.69) is 26.6 Å². The molecule has 36 heavy (non-hydrogen) atoms. The number of hydrogen-bond donors (Lipinski definition) is 1. The van der Waals surface area contributed by atoms with Gasteiger partial charge in [-0.05, 0) is 87.9 Å². The smallest absolute Gasteiger partial charge is 0.264 e. The van der Waals surface area contributed by atoms with Gasteiger partial charge in [-0.15, -0.1) is 0 Å². The third kappa shape index (κ3) is 4.16. The number of nitrogens with zero attached hydrogens (tertiary/aromatic N) is 3. The zero-order valence-corrected chi connectivity index (χ0v) is 21.8. The van der Waals surface area contributed by atoms with E-state index in [4.69, 9.17) is 4.74 Å². The van der Waals surface area contributed by atoms with E-state index in [0.29, 0.717) is 23.5 Å². The van der Waals surface area contributed by atoms with Crippen LogP contribution in [-0.4, -0.2) is 49.0 Å². The highest BCUT2D eigenvalue weighted by Crippen LogP contribution is 2.44. The first-order valence-corrected chi connectivity index (χ1v) is 14.2. The van der Waals surface area contributed by atoms with Crippen molar-refractivity contribution in [3.63, 3.8) is 0 Å².